The average Bonchev–Trinajstić information content (AvgIpc) is 2.32. The molecule has 13 heteroatoms. The molecular formula is C8H21O6Si7. The molecule has 0 aromatic carbocycles. The van der Waals surface area contributed by atoms with Crippen LogP contribution in [-0.2, 0) is 24.7 Å². The Morgan fingerprint density at radius 3 is 1.33 bits per heavy atom. The smallest absolute Gasteiger partial charge is 0.415 e. The van der Waals surface area contributed by atoms with Crippen molar-refractivity contribution in [3.63, 3.8) is 0 Å². The third kappa shape index (κ3) is 12.1. The molecule has 0 unspecified atom stereocenters. The molecular weight excluding hydrogens is 389 g/mol. The van der Waals surface area contributed by atoms with E-state index in [0.717, 1.165) is 0 Å². The van der Waals surface area contributed by atoms with E-state index in [1.165, 1.54) is 0 Å². The predicted octanol–water partition coefficient (Wildman–Crippen LogP) is 1.11. The first-order valence-corrected chi connectivity index (χ1v) is 17.6. The second-order valence-electron chi connectivity index (χ2n) is 5.86. The Bertz CT molecular complexity index is 280. The highest BCUT2D eigenvalue weighted by Crippen LogP contribution is 2.11. The van der Waals surface area contributed by atoms with Crippen molar-refractivity contribution in [3.8, 4) is 0 Å². The molecule has 0 aliphatic heterocycles. The fourth-order valence-corrected chi connectivity index (χ4v) is 10.7. The molecule has 0 spiro atoms. The van der Waals surface area contributed by atoms with Crippen molar-refractivity contribution < 1.29 is 24.7 Å². The summed E-state index contributed by atoms with van der Waals surface area (Å²) in [5.74, 6) is 0. The lowest BCUT2D eigenvalue weighted by Gasteiger charge is -2.26. The lowest BCUT2D eigenvalue weighted by Crippen LogP contribution is -2.46. The first kappa shape index (κ1) is 22.0. The van der Waals surface area contributed by atoms with Crippen LogP contribution in [0, 0.1) is 0 Å². The van der Waals surface area contributed by atoms with Gasteiger partial charge in [-0.2, -0.15) is 0 Å². The van der Waals surface area contributed by atoms with E-state index in [9.17, 15) is 0 Å². The van der Waals surface area contributed by atoms with Crippen molar-refractivity contribution in [1.82, 2.24) is 0 Å². The molecule has 0 saturated heterocycles. The summed E-state index contributed by atoms with van der Waals surface area (Å²) in [6.45, 7) is 16.0. The SMILES string of the molecule is C=C[Si](O[Si](O[Si])O[Si](C)(C)C)O[Si](O[Si])O[Si](C)(C)C. The molecule has 117 valence electrons. The minimum Gasteiger partial charge on any atom is -0.415 e. The van der Waals surface area contributed by atoms with Crippen molar-refractivity contribution in [3.05, 3.63) is 12.3 Å². The third-order valence-electron chi connectivity index (χ3n) is 1.48. The molecule has 9 radical (unpaired) electrons. The van der Waals surface area contributed by atoms with Gasteiger partial charge in [-0.1, -0.05) is 0 Å². The maximum absolute atomic E-state index is 5.81. The van der Waals surface area contributed by atoms with Gasteiger partial charge in [-0.3, -0.25) is 0 Å². The molecule has 0 aromatic rings. The minimum atomic E-state index is -1.92. The van der Waals surface area contributed by atoms with Crippen LogP contribution < -0.4 is 0 Å². The normalized spacial score (nSPS) is 13.5. The van der Waals surface area contributed by atoms with Crippen molar-refractivity contribution in [1.29, 1.82) is 0 Å². The van der Waals surface area contributed by atoms with Crippen molar-refractivity contribution in [2.45, 2.75) is 39.3 Å². The highest BCUT2D eigenvalue weighted by molar-refractivity contribution is 6.79. The Kier molecular flexibility index (Phi) is 10.5. The highest BCUT2D eigenvalue weighted by atomic mass is 28.5. The number of hydrogen-bond donors (Lipinski definition) is 0. The monoisotopic (exact) mass is 409 g/mol. The van der Waals surface area contributed by atoms with Gasteiger partial charge in [0.25, 0.3) is 0 Å². The summed E-state index contributed by atoms with van der Waals surface area (Å²) in [4.78, 5) is 0. The van der Waals surface area contributed by atoms with Crippen LogP contribution in [0.15, 0.2) is 12.3 Å². The van der Waals surface area contributed by atoms with Crippen molar-refractivity contribution >= 4 is 65.9 Å². The molecule has 0 atom stereocenters. The Morgan fingerprint density at radius 1 is 0.810 bits per heavy atom. The second-order valence-corrected chi connectivity index (χ2v) is 21.3. The minimum absolute atomic E-state index is 1.61. The maximum atomic E-state index is 5.81. The highest BCUT2D eigenvalue weighted by Gasteiger charge is 2.35. The fraction of sp³-hybridized carbons (Fsp3) is 0.750. The molecule has 21 heavy (non-hydrogen) atoms. The summed E-state index contributed by atoms with van der Waals surface area (Å²) < 4.78 is 33.3. The first-order valence-electron chi connectivity index (χ1n) is 6.15. The van der Waals surface area contributed by atoms with Crippen molar-refractivity contribution in [2.24, 2.45) is 0 Å². The largest absolute Gasteiger partial charge is 0.545 e. The van der Waals surface area contributed by atoms with E-state index in [-0.39, 0.29) is 0 Å². The van der Waals surface area contributed by atoms with E-state index in [1.54, 1.807) is 5.70 Å². The van der Waals surface area contributed by atoms with Gasteiger partial charge < -0.3 is 24.7 Å². The Labute approximate surface area is 142 Å². The van der Waals surface area contributed by atoms with Gasteiger partial charge in [-0.15, -0.1) is 6.58 Å². The fourth-order valence-electron chi connectivity index (χ4n) is 0.893. The lowest BCUT2D eigenvalue weighted by molar-refractivity contribution is 0.260. The third-order valence-corrected chi connectivity index (χ3v) is 12.3. The van der Waals surface area contributed by atoms with Gasteiger partial charge in [0.15, 0.2) is 16.6 Å². The van der Waals surface area contributed by atoms with Gasteiger partial charge in [0.2, 0.25) is 21.0 Å². The van der Waals surface area contributed by atoms with E-state index < -0.39 is 45.0 Å². The van der Waals surface area contributed by atoms with Crippen LogP contribution in [0.3, 0.4) is 0 Å². The van der Waals surface area contributed by atoms with Crippen molar-refractivity contribution in [2.75, 3.05) is 0 Å². The van der Waals surface area contributed by atoms with Crippen LogP contribution >= 0.6 is 0 Å². The summed E-state index contributed by atoms with van der Waals surface area (Å²) in [6, 6.07) is 0. The molecule has 0 aliphatic rings. The molecule has 0 fully saturated rings. The van der Waals surface area contributed by atoms with Crippen LogP contribution in [0.5, 0.6) is 0 Å². The van der Waals surface area contributed by atoms with Gasteiger partial charge >= 0.3 is 28.3 Å². The molecule has 0 aromatic heterocycles. The topological polar surface area (TPSA) is 55.4 Å². The molecule has 0 aliphatic carbocycles. The number of rotatable bonds is 11. The Hall–Kier alpha value is 1.02. The van der Waals surface area contributed by atoms with Crippen LogP contribution in [0.25, 0.3) is 0 Å². The summed E-state index contributed by atoms with van der Waals surface area (Å²) in [5.41, 5.74) is 1.61. The molecule has 0 N–H and O–H groups in total. The lowest BCUT2D eigenvalue weighted by atomic mass is 11.3. The van der Waals surface area contributed by atoms with E-state index in [0.29, 0.717) is 0 Å². The van der Waals surface area contributed by atoms with Gasteiger partial charge in [0.1, 0.15) is 0 Å². The van der Waals surface area contributed by atoms with Crippen LogP contribution in [-0.4, -0.2) is 65.9 Å². The maximum Gasteiger partial charge on any atom is 0.545 e. The van der Waals surface area contributed by atoms with Crippen LogP contribution in [0.1, 0.15) is 0 Å². The Balaban J connectivity index is 4.57. The molecule has 0 saturated carbocycles. The molecule has 6 nitrogen and oxygen atoms in total. The van der Waals surface area contributed by atoms with E-state index in [2.05, 4.69) is 66.8 Å². The van der Waals surface area contributed by atoms with Crippen LogP contribution in [0.4, 0.5) is 0 Å². The van der Waals surface area contributed by atoms with Gasteiger partial charge in [-0.05, 0) is 45.0 Å². The zero-order valence-electron chi connectivity index (χ0n) is 13.2. The summed E-state index contributed by atoms with van der Waals surface area (Å²) >= 11 is 0. The van der Waals surface area contributed by atoms with Gasteiger partial charge in [0.05, 0.1) is 0 Å². The second kappa shape index (κ2) is 10.0. The average molecular weight is 410 g/mol. The predicted molar refractivity (Wildman–Crippen MR) is 92.2 cm³/mol. The summed E-state index contributed by atoms with van der Waals surface area (Å²) in [6.07, 6.45) is 0. The van der Waals surface area contributed by atoms with Gasteiger partial charge in [0, 0.05) is 0 Å². The Morgan fingerprint density at radius 2 is 1.14 bits per heavy atom. The molecule has 0 heterocycles. The molecule has 0 amide bonds. The zero-order chi connectivity index (χ0) is 16.7. The van der Waals surface area contributed by atoms with E-state index in [4.69, 9.17) is 24.7 Å². The summed E-state index contributed by atoms with van der Waals surface area (Å²) in [7, 11) is -3.21. The van der Waals surface area contributed by atoms with E-state index >= 15 is 0 Å². The standard InChI is InChI=1S/C8H21O6Si7/c1-8-17(11-18(9-15)13-20(2,3)4)12-19(10-16)14-21(5,6)7/h8H,1H2,2-7H3. The molecule has 0 rings (SSSR count). The first-order chi connectivity index (χ1) is 9.50. The van der Waals surface area contributed by atoms with Crippen LogP contribution in [0.2, 0.25) is 39.3 Å². The quantitative estimate of drug-likeness (QED) is 0.476. The zero-order valence-corrected chi connectivity index (χ0v) is 20.2. The number of hydrogen-bond acceptors (Lipinski definition) is 6. The van der Waals surface area contributed by atoms with E-state index in [1.807, 2.05) is 0 Å². The molecule has 0 bridgehead atoms. The summed E-state index contributed by atoms with van der Waals surface area (Å²) in [5, 5.41) is 0. The van der Waals surface area contributed by atoms with Gasteiger partial charge in [-0.25, -0.2) is 0 Å².